The summed E-state index contributed by atoms with van der Waals surface area (Å²) in [6, 6.07) is 13.2. The highest BCUT2D eigenvalue weighted by atomic mass is 16.6. The standard InChI is InChI=1S/C19H23N3O4/c1-13(2)26-18-9-7-16(8-10-18)14(3)21-19(23)20-12-15-5-4-6-17(11-15)22(24)25/h4-11,13-14H,12H2,1-3H3,(H2,20,21,23). The second kappa shape index (κ2) is 8.84. The number of carbonyl (C=O) groups is 1. The number of nitro benzene ring substituents is 1. The summed E-state index contributed by atoms with van der Waals surface area (Å²) in [5.74, 6) is 0.783. The molecule has 0 saturated carbocycles. The number of nitrogens with one attached hydrogen (secondary N) is 2. The third-order valence-corrected chi connectivity index (χ3v) is 3.67. The molecule has 0 radical (unpaired) electrons. The van der Waals surface area contributed by atoms with Crippen molar-refractivity contribution >= 4 is 11.7 Å². The summed E-state index contributed by atoms with van der Waals surface area (Å²) >= 11 is 0. The average Bonchev–Trinajstić information content (AvgIpc) is 2.60. The fourth-order valence-corrected chi connectivity index (χ4v) is 2.40. The molecule has 0 aromatic heterocycles. The maximum absolute atomic E-state index is 12.1. The summed E-state index contributed by atoms with van der Waals surface area (Å²) in [5.41, 5.74) is 1.62. The van der Waals surface area contributed by atoms with Crippen molar-refractivity contribution in [3.63, 3.8) is 0 Å². The lowest BCUT2D eigenvalue weighted by Gasteiger charge is -2.16. The Morgan fingerprint density at radius 1 is 1.15 bits per heavy atom. The number of amides is 2. The molecule has 0 saturated heterocycles. The molecule has 1 atom stereocenters. The van der Waals surface area contributed by atoms with Gasteiger partial charge in [0.25, 0.3) is 5.69 Å². The number of non-ortho nitro benzene ring substituents is 1. The smallest absolute Gasteiger partial charge is 0.315 e. The number of nitrogens with zero attached hydrogens (tertiary/aromatic N) is 1. The first-order valence-electron chi connectivity index (χ1n) is 8.39. The number of carbonyl (C=O) groups excluding carboxylic acids is 1. The Morgan fingerprint density at radius 2 is 1.85 bits per heavy atom. The highest BCUT2D eigenvalue weighted by molar-refractivity contribution is 5.74. The largest absolute Gasteiger partial charge is 0.491 e. The van der Waals surface area contributed by atoms with E-state index in [2.05, 4.69) is 10.6 Å². The van der Waals surface area contributed by atoms with Crippen LogP contribution in [0.1, 0.15) is 37.9 Å². The summed E-state index contributed by atoms with van der Waals surface area (Å²) in [6.07, 6.45) is 0.107. The van der Waals surface area contributed by atoms with E-state index in [4.69, 9.17) is 4.74 Å². The zero-order valence-corrected chi connectivity index (χ0v) is 15.1. The Bertz CT molecular complexity index is 760. The fraction of sp³-hybridized carbons (Fsp3) is 0.316. The van der Waals surface area contributed by atoms with Crippen molar-refractivity contribution in [2.75, 3.05) is 0 Å². The zero-order chi connectivity index (χ0) is 19.1. The van der Waals surface area contributed by atoms with Gasteiger partial charge in [-0.25, -0.2) is 4.79 Å². The second-order valence-electron chi connectivity index (χ2n) is 6.21. The molecule has 2 aromatic carbocycles. The fourth-order valence-electron chi connectivity index (χ4n) is 2.40. The highest BCUT2D eigenvalue weighted by Crippen LogP contribution is 2.18. The second-order valence-corrected chi connectivity index (χ2v) is 6.21. The summed E-state index contributed by atoms with van der Waals surface area (Å²) in [7, 11) is 0. The van der Waals surface area contributed by atoms with E-state index in [1.165, 1.54) is 12.1 Å². The number of hydrogen-bond acceptors (Lipinski definition) is 4. The summed E-state index contributed by atoms with van der Waals surface area (Å²) in [6.45, 7) is 6.01. The minimum absolute atomic E-state index is 0.00165. The maximum Gasteiger partial charge on any atom is 0.315 e. The van der Waals surface area contributed by atoms with Crippen LogP contribution in [0.5, 0.6) is 5.75 Å². The van der Waals surface area contributed by atoms with E-state index in [1.54, 1.807) is 12.1 Å². The van der Waals surface area contributed by atoms with Crippen LogP contribution >= 0.6 is 0 Å². The normalized spacial score (nSPS) is 11.7. The van der Waals surface area contributed by atoms with E-state index >= 15 is 0 Å². The Hall–Kier alpha value is -3.09. The van der Waals surface area contributed by atoms with Gasteiger partial charge in [0.1, 0.15) is 5.75 Å². The van der Waals surface area contributed by atoms with Gasteiger partial charge in [-0.05, 0) is 44.0 Å². The molecule has 138 valence electrons. The van der Waals surface area contributed by atoms with Crippen molar-refractivity contribution in [3.05, 3.63) is 69.8 Å². The predicted octanol–water partition coefficient (Wildman–Crippen LogP) is 3.94. The summed E-state index contributed by atoms with van der Waals surface area (Å²) < 4.78 is 5.60. The van der Waals surface area contributed by atoms with Gasteiger partial charge in [-0.15, -0.1) is 0 Å². The van der Waals surface area contributed by atoms with Crippen LogP contribution in [-0.4, -0.2) is 17.1 Å². The quantitative estimate of drug-likeness (QED) is 0.580. The van der Waals surface area contributed by atoms with Gasteiger partial charge in [-0.3, -0.25) is 10.1 Å². The van der Waals surface area contributed by atoms with E-state index < -0.39 is 4.92 Å². The molecular formula is C19H23N3O4. The summed E-state index contributed by atoms with van der Waals surface area (Å²) in [4.78, 5) is 22.4. The van der Waals surface area contributed by atoms with Crippen molar-refractivity contribution in [2.45, 2.75) is 39.5 Å². The molecule has 0 aliphatic rings. The molecule has 2 N–H and O–H groups in total. The van der Waals surface area contributed by atoms with Crippen molar-refractivity contribution in [2.24, 2.45) is 0 Å². The molecule has 0 fully saturated rings. The van der Waals surface area contributed by atoms with Crippen LogP contribution in [0.4, 0.5) is 10.5 Å². The van der Waals surface area contributed by atoms with Crippen LogP contribution < -0.4 is 15.4 Å². The van der Waals surface area contributed by atoms with Gasteiger partial charge in [0, 0.05) is 18.7 Å². The van der Waals surface area contributed by atoms with E-state index in [0.29, 0.717) is 5.56 Å². The highest BCUT2D eigenvalue weighted by Gasteiger charge is 2.11. The molecule has 2 rings (SSSR count). The first kappa shape index (κ1) is 19.2. The van der Waals surface area contributed by atoms with Crippen molar-refractivity contribution in [1.82, 2.24) is 10.6 Å². The van der Waals surface area contributed by atoms with Crippen LogP contribution in [0.15, 0.2) is 48.5 Å². The minimum Gasteiger partial charge on any atom is -0.491 e. The van der Waals surface area contributed by atoms with Crippen molar-refractivity contribution < 1.29 is 14.5 Å². The average molecular weight is 357 g/mol. The SMILES string of the molecule is CC(C)Oc1ccc(C(C)NC(=O)NCc2cccc([N+](=O)[O-])c2)cc1. The van der Waals surface area contributed by atoms with E-state index in [1.807, 2.05) is 45.0 Å². The zero-order valence-electron chi connectivity index (χ0n) is 15.1. The van der Waals surface area contributed by atoms with Crippen LogP contribution in [0.3, 0.4) is 0 Å². The van der Waals surface area contributed by atoms with E-state index in [-0.39, 0.29) is 30.4 Å². The first-order chi connectivity index (χ1) is 12.3. The molecular weight excluding hydrogens is 334 g/mol. The molecule has 1 unspecified atom stereocenters. The number of benzene rings is 2. The summed E-state index contributed by atoms with van der Waals surface area (Å²) in [5, 5.41) is 16.3. The Balaban J connectivity index is 1.87. The van der Waals surface area contributed by atoms with Crippen LogP contribution in [0.2, 0.25) is 0 Å². The Labute approximate surface area is 152 Å². The van der Waals surface area contributed by atoms with Gasteiger partial charge in [0.2, 0.25) is 0 Å². The predicted molar refractivity (Wildman–Crippen MR) is 99.1 cm³/mol. The van der Waals surface area contributed by atoms with Crippen molar-refractivity contribution in [1.29, 1.82) is 0 Å². The van der Waals surface area contributed by atoms with Gasteiger partial charge in [-0.1, -0.05) is 24.3 Å². The van der Waals surface area contributed by atoms with Gasteiger partial charge < -0.3 is 15.4 Å². The van der Waals surface area contributed by atoms with Crippen molar-refractivity contribution in [3.8, 4) is 5.75 Å². The third-order valence-electron chi connectivity index (χ3n) is 3.67. The van der Waals surface area contributed by atoms with Gasteiger partial charge >= 0.3 is 6.03 Å². The Kier molecular flexibility index (Phi) is 6.54. The number of ether oxygens (including phenoxy) is 1. The van der Waals surface area contributed by atoms with Crippen LogP contribution in [0.25, 0.3) is 0 Å². The number of nitro groups is 1. The molecule has 0 heterocycles. The number of hydrogen-bond donors (Lipinski definition) is 2. The number of urea groups is 1. The van der Waals surface area contributed by atoms with E-state index in [9.17, 15) is 14.9 Å². The molecule has 7 nitrogen and oxygen atoms in total. The number of rotatable bonds is 7. The maximum atomic E-state index is 12.1. The lowest BCUT2D eigenvalue weighted by molar-refractivity contribution is -0.384. The third kappa shape index (κ3) is 5.77. The molecule has 0 aliphatic carbocycles. The van der Waals surface area contributed by atoms with Gasteiger partial charge in [0.05, 0.1) is 17.1 Å². The van der Waals surface area contributed by atoms with E-state index in [0.717, 1.165) is 11.3 Å². The molecule has 7 heteroatoms. The minimum atomic E-state index is -0.460. The molecule has 2 amide bonds. The lowest BCUT2D eigenvalue weighted by Crippen LogP contribution is -2.36. The van der Waals surface area contributed by atoms with Crippen LogP contribution in [-0.2, 0) is 6.54 Å². The molecule has 0 aliphatic heterocycles. The topological polar surface area (TPSA) is 93.5 Å². The molecule has 0 spiro atoms. The Morgan fingerprint density at radius 3 is 2.46 bits per heavy atom. The molecule has 2 aromatic rings. The lowest BCUT2D eigenvalue weighted by atomic mass is 10.1. The van der Waals surface area contributed by atoms with Gasteiger partial charge in [-0.2, -0.15) is 0 Å². The van der Waals surface area contributed by atoms with Crippen LogP contribution in [0, 0.1) is 10.1 Å². The first-order valence-corrected chi connectivity index (χ1v) is 8.39. The van der Waals surface area contributed by atoms with Gasteiger partial charge in [0.15, 0.2) is 0 Å². The monoisotopic (exact) mass is 357 g/mol. The molecule has 0 bridgehead atoms. The molecule has 26 heavy (non-hydrogen) atoms.